The van der Waals surface area contributed by atoms with Crippen LogP contribution in [-0.2, 0) is 16.6 Å². The maximum Gasteiger partial charge on any atom is 0.240 e. The molecule has 5 heteroatoms. The van der Waals surface area contributed by atoms with Gasteiger partial charge in [0, 0.05) is 12.6 Å². The van der Waals surface area contributed by atoms with Crippen molar-refractivity contribution in [2.24, 2.45) is 11.7 Å². The van der Waals surface area contributed by atoms with Crippen molar-refractivity contribution in [3.63, 3.8) is 0 Å². The molecule has 0 unspecified atom stereocenters. The fraction of sp³-hybridized carbons (Fsp3) is 0.571. The van der Waals surface area contributed by atoms with Gasteiger partial charge in [-0.25, -0.2) is 13.1 Å². The number of nitrogens with one attached hydrogen (secondary N) is 1. The molecule has 1 aromatic rings. The number of benzene rings is 1. The fourth-order valence-corrected chi connectivity index (χ4v) is 3.78. The van der Waals surface area contributed by atoms with Crippen LogP contribution >= 0.6 is 0 Å². The molecule has 0 atom stereocenters. The first kappa shape index (κ1) is 14.5. The van der Waals surface area contributed by atoms with Gasteiger partial charge in [0.25, 0.3) is 0 Å². The summed E-state index contributed by atoms with van der Waals surface area (Å²) in [5.74, 6) is 0.713. The van der Waals surface area contributed by atoms with Gasteiger partial charge in [0.15, 0.2) is 0 Å². The Hall–Kier alpha value is -0.910. The molecule has 0 spiro atoms. The first-order valence-corrected chi connectivity index (χ1v) is 8.31. The van der Waals surface area contributed by atoms with Gasteiger partial charge in [-0.2, -0.15) is 0 Å². The van der Waals surface area contributed by atoms with Gasteiger partial charge >= 0.3 is 0 Å². The molecule has 0 radical (unpaired) electrons. The molecular weight excluding hydrogens is 260 g/mol. The predicted molar refractivity (Wildman–Crippen MR) is 76.1 cm³/mol. The smallest absolute Gasteiger partial charge is 0.240 e. The highest BCUT2D eigenvalue weighted by atomic mass is 32.2. The highest BCUT2D eigenvalue weighted by molar-refractivity contribution is 7.89. The first-order valence-electron chi connectivity index (χ1n) is 6.82. The molecule has 1 fully saturated rings. The molecule has 19 heavy (non-hydrogen) atoms. The topological polar surface area (TPSA) is 72.2 Å². The summed E-state index contributed by atoms with van der Waals surface area (Å²) in [6, 6.07) is 6.84. The Labute approximate surface area is 115 Å². The second kappa shape index (κ2) is 6.03. The third-order valence-electron chi connectivity index (χ3n) is 3.81. The van der Waals surface area contributed by atoms with Gasteiger partial charge in [0.1, 0.15) is 0 Å². The van der Waals surface area contributed by atoms with E-state index in [4.69, 9.17) is 5.73 Å². The maximum atomic E-state index is 12.2. The molecular formula is C14H22N2O2S. The zero-order valence-electron chi connectivity index (χ0n) is 11.3. The van der Waals surface area contributed by atoms with Crippen molar-refractivity contribution in [3.8, 4) is 0 Å². The van der Waals surface area contributed by atoms with Crippen LogP contribution in [0.25, 0.3) is 0 Å². The van der Waals surface area contributed by atoms with Crippen LogP contribution in [0.15, 0.2) is 29.2 Å². The summed E-state index contributed by atoms with van der Waals surface area (Å²) < 4.78 is 27.3. The van der Waals surface area contributed by atoms with Crippen molar-refractivity contribution >= 4 is 10.0 Å². The number of hydrogen-bond acceptors (Lipinski definition) is 3. The van der Waals surface area contributed by atoms with Crippen molar-refractivity contribution in [3.05, 3.63) is 29.8 Å². The van der Waals surface area contributed by atoms with Gasteiger partial charge < -0.3 is 5.73 Å². The fourth-order valence-electron chi connectivity index (χ4n) is 2.47. The highest BCUT2D eigenvalue weighted by Crippen LogP contribution is 2.24. The SMILES string of the molecule is CC1CCC(NS(=O)(=O)c2ccc(CN)cc2)CC1. The summed E-state index contributed by atoms with van der Waals surface area (Å²) in [4.78, 5) is 0.323. The molecule has 1 aliphatic rings. The molecule has 1 aromatic carbocycles. The van der Waals surface area contributed by atoms with Crippen LogP contribution in [0.4, 0.5) is 0 Å². The van der Waals surface area contributed by atoms with Gasteiger partial charge in [-0.1, -0.05) is 19.1 Å². The molecule has 0 heterocycles. The van der Waals surface area contributed by atoms with Gasteiger partial charge in [0.05, 0.1) is 4.90 Å². The summed E-state index contributed by atoms with van der Waals surface area (Å²) in [6.45, 7) is 2.64. The van der Waals surface area contributed by atoms with Gasteiger partial charge in [0.2, 0.25) is 10.0 Å². The molecule has 0 aliphatic heterocycles. The molecule has 1 aliphatic carbocycles. The Balaban J connectivity index is 2.05. The van der Waals surface area contributed by atoms with E-state index < -0.39 is 10.0 Å². The van der Waals surface area contributed by atoms with E-state index in [1.807, 2.05) is 0 Å². The minimum absolute atomic E-state index is 0.0791. The Bertz CT molecular complexity index is 503. The monoisotopic (exact) mass is 282 g/mol. The van der Waals surface area contributed by atoms with Crippen LogP contribution in [0.1, 0.15) is 38.2 Å². The van der Waals surface area contributed by atoms with Gasteiger partial charge in [-0.15, -0.1) is 0 Å². The standard InChI is InChI=1S/C14H22N2O2S/c1-11-2-6-13(7-3-11)16-19(17,18)14-8-4-12(10-15)5-9-14/h4-5,8-9,11,13,16H,2-3,6-7,10,15H2,1H3. The largest absolute Gasteiger partial charge is 0.326 e. The minimum Gasteiger partial charge on any atom is -0.326 e. The molecule has 0 bridgehead atoms. The molecule has 4 nitrogen and oxygen atoms in total. The van der Waals surface area contributed by atoms with Crippen LogP contribution < -0.4 is 10.5 Å². The number of nitrogens with two attached hydrogens (primary N) is 1. The van der Waals surface area contributed by atoms with E-state index in [-0.39, 0.29) is 6.04 Å². The van der Waals surface area contributed by atoms with Crippen LogP contribution in [0.5, 0.6) is 0 Å². The first-order chi connectivity index (χ1) is 9.01. The Morgan fingerprint density at radius 1 is 1.16 bits per heavy atom. The Kier molecular flexibility index (Phi) is 4.60. The lowest BCUT2D eigenvalue weighted by atomic mass is 9.88. The number of rotatable bonds is 4. The lowest BCUT2D eigenvalue weighted by Gasteiger charge is -2.26. The van der Waals surface area contributed by atoms with Crippen molar-refractivity contribution in [1.82, 2.24) is 4.72 Å². The second-order valence-corrected chi connectivity index (χ2v) is 7.14. The second-order valence-electron chi connectivity index (χ2n) is 5.43. The summed E-state index contributed by atoms with van der Waals surface area (Å²) in [6.07, 6.45) is 4.06. The molecule has 106 valence electrons. The summed E-state index contributed by atoms with van der Waals surface area (Å²) in [7, 11) is -3.39. The zero-order chi connectivity index (χ0) is 13.9. The minimum atomic E-state index is -3.39. The van der Waals surface area contributed by atoms with E-state index in [2.05, 4.69) is 11.6 Å². The van der Waals surface area contributed by atoms with Crippen molar-refractivity contribution < 1.29 is 8.42 Å². The maximum absolute atomic E-state index is 12.2. The van der Waals surface area contributed by atoms with E-state index in [1.54, 1.807) is 24.3 Å². The highest BCUT2D eigenvalue weighted by Gasteiger charge is 2.23. The Morgan fingerprint density at radius 3 is 2.26 bits per heavy atom. The average Bonchev–Trinajstić information content (AvgIpc) is 2.41. The summed E-state index contributed by atoms with van der Waals surface area (Å²) in [5, 5.41) is 0. The van der Waals surface area contributed by atoms with Crippen molar-refractivity contribution in [2.75, 3.05) is 0 Å². The van der Waals surface area contributed by atoms with Crippen LogP contribution in [-0.4, -0.2) is 14.5 Å². The van der Waals surface area contributed by atoms with Crippen molar-refractivity contribution in [2.45, 2.75) is 50.1 Å². The lowest BCUT2D eigenvalue weighted by molar-refractivity contribution is 0.332. The quantitative estimate of drug-likeness (QED) is 0.887. The summed E-state index contributed by atoms with van der Waals surface area (Å²) in [5.41, 5.74) is 6.44. The van der Waals surface area contributed by atoms with E-state index >= 15 is 0 Å². The molecule has 2 rings (SSSR count). The van der Waals surface area contributed by atoms with E-state index in [1.165, 1.54) is 0 Å². The third kappa shape index (κ3) is 3.78. The third-order valence-corrected chi connectivity index (χ3v) is 5.34. The van der Waals surface area contributed by atoms with Crippen LogP contribution in [0.2, 0.25) is 0 Å². The van der Waals surface area contributed by atoms with E-state index in [0.717, 1.165) is 31.2 Å². The number of hydrogen-bond donors (Lipinski definition) is 2. The number of sulfonamides is 1. The van der Waals surface area contributed by atoms with E-state index in [0.29, 0.717) is 17.4 Å². The zero-order valence-corrected chi connectivity index (χ0v) is 12.1. The molecule has 3 N–H and O–H groups in total. The normalized spacial score (nSPS) is 24.3. The molecule has 0 saturated heterocycles. The molecule has 1 saturated carbocycles. The predicted octanol–water partition coefficient (Wildman–Crippen LogP) is 2.00. The van der Waals surface area contributed by atoms with Crippen LogP contribution in [0, 0.1) is 5.92 Å². The molecule has 0 aromatic heterocycles. The molecule has 0 amide bonds. The average molecular weight is 282 g/mol. The van der Waals surface area contributed by atoms with Gasteiger partial charge in [-0.05, 0) is 49.3 Å². The van der Waals surface area contributed by atoms with Gasteiger partial charge in [-0.3, -0.25) is 0 Å². The lowest BCUT2D eigenvalue weighted by Crippen LogP contribution is -2.37. The summed E-state index contributed by atoms with van der Waals surface area (Å²) >= 11 is 0. The van der Waals surface area contributed by atoms with Crippen molar-refractivity contribution in [1.29, 1.82) is 0 Å². The van der Waals surface area contributed by atoms with Crippen LogP contribution in [0.3, 0.4) is 0 Å². The van der Waals surface area contributed by atoms with E-state index in [9.17, 15) is 8.42 Å². The Morgan fingerprint density at radius 2 is 1.74 bits per heavy atom.